The Hall–Kier alpha value is -1.53. The quantitative estimate of drug-likeness (QED) is 0.910. The van der Waals surface area contributed by atoms with E-state index >= 15 is 0 Å². The predicted molar refractivity (Wildman–Crippen MR) is 85.7 cm³/mol. The third-order valence-corrected chi connectivity index (χ3v) is 6.45. The molecule has 2 aliphatic carbocycles. The number of aromatic hydroxyl groups is 1. The van der Waals surface area contributed by atoms with Gasteiger partial charge in [-0.05, 0) is 61.4 Å². The molecule has 22 heavy (non-hydrogen) atoms. The van der Waals surface area contributed by atoms with E-state index < -0.39 is 0 Å². The minimum atomic E-state index is 0.290. The first-order valence-corrected chi connectivity index (χ1v) is 8.68. The van der Waals surface area contributed by atoms with Gasteiger partial charge in [0.2, 0.25) is 0 Å². The molecule has 4 rings (SSSR count). The number of fused-ring (bicyclic) bond motifs is 1. The number of phenolic OH excluding ortho intramolecular Hbond substituents is 1. The van der Waals surface area contributed by atoms with Crippen LogP contribution < -0.4 is 0 Å². The van der Waals surface area contributed by atoms with Gasteiger partial charge in [0.1, 0.15) is 5.75 Å². The molecule has 0 spiro atoms. The fraction of sp³-hybridized carbons (Fsp3) is 0.632. The number of rotatable bonds is 2. The van der Waals surface area contributed by atoms with Crippen molar-refractivity contribution >= 4 is 0 Å². The van der Waals surface area contributed by atoms with Crippen LogP contribution in [-0.4, -0.2) is 29.1 Å². The highest BCUT2D eigenvalue weighted by atomic mass is 16.3. The Labute approximate surface area is 132 Å². The van der Waals surface area contributed by atoms with Gasteiger partial charge in [0.25, 0.3) is 0 Å². The molecule has 3 aliphatic rings. The Kier molecular flexibility index (Phi) is 3.38. The third kappa shape index (κ3) is 1.97. The van der Waals surface area contributed by atoms with Crippen LogP contribution in [0, 0.1) is 17.2 Å². The van der Waals surface area contributed by atoms with Crippen molar-refractivity contribution in [2.24, 2.45) is 5.92 Å². The van der Waals surface area contributed by atoms with E-state index in [4.69, 9.17) is 5.26 Å². The van der Waals surface area contributed by atoms with Gasteiger partial charge in [0.15, 0.2) is 0 Å². The Morgan fingerprint density at radius 3 is 3.09 bits per heavy atom. The number of phenols is 1. The lowest BCUT2D eigenvalue weighted by Gasteiger charge is -2.59. The van der Waals surface area contributed by atoms with E-state index in [9.17, 15) is 5.11 Å². The highest BCUT2D eigenvalue weighted by molar-refractivity contribution is 5.45. The zero-order chi connectivity index (χ0) is 15.2. The van der Waals surface area contributed by atoms with Crippen LogP contribution in [-0.2, 0) is 11.8 Å². The standard InChI is InChI=1S/C19H24N2O/c20-9-3-10-21-11-8-19-7-2-1-4-16(19)18(21)12-14-5-6-15(22)13-17(14)19/h5-6,13,16,18,22H,1-4,7-8,10-12H2/t16-,18-,19-/m0/s1. The van der Waals surface area contributed by atoms with Crippen LogP contribution in [0.25, 0.3) is 0 Å². The van der Waals surface area contributed by atoms with E-state index in [0.717, 1.165) is 19.5 Å². The molecule has 1 aromatic carbocycles. The lowest BCUT2D eigenvalue weighted by molar-refractivity contribution is -0.0101. The third-order valence-electron chi connectivity index (χ3n) is 6.45. The van der Waals surface area contributed by atoms with Gasteiger partial charge < -0.3 is 5.11 Å². The molecule has 1 aromatic rings. The van der Waals surface area contributed by atoms with Crippen LogP contribution in [0.5, 0.6) is 5.75 Å². The molecule has 3 atom stereocenters. The van der Waals surface area contributed by atoms with Crippen molar-refractivity contribution in [1.82, 2.24) is 4.90 Å². The Bertz CT molecular complexity index is 620. The molecule has 2 fully saturated rings. The number of hydrogen-bond donors (Lipinski definition) is 1. The molecule has 1 aliphatic heterocycles. The highest BCUT2D eigenvalue weighted by Gasteiger charge is 2.53. The summed E-state index contributed by atoms with van der Waals surface area (Å²) in [5, 5.41) is 18.9. The second-order valence-electron chi connectivity index (χ2n) is 7.32. The van der Waals surface area contributed by atoms with Crippen LogP contribution >= 0.6 is 0 Å². The molecule has 3 nitrogen and oxygen atoms in total. The molecule has 1 N–H and O–H groups in total. The van der Waals surface area contributed by atoms with Gasteiger partial charge in [-0.2, -0.15) is 5.26 Å². The number of benzene rings is 1. The van der Waals surface area contributed by atoms with Crippen LogP contribution in [0.1, 0.15) is 49.7 Å². The van der Waals surface area contributed by atoms with Gasteiger partial charge >= 0.3 is 0 Å². The molecule has 0 unspecified atom stereocenters. The zero-order valence-electron chi connectivity index (χ0n) is 13.1. The van der Waals surface area contributed by atoms with Gasteiger partial charge in [-0.25, -0.2) is 0 Å². The van der Waals surface area contributed by atoms with Crippen LogP contribution in [0.2, 0.25) is 0 Å². The fourth-order valence-corrected chi connectivity index (χ4v) is 5.54. The Morgan fingerprint density at radius 2 is 2.23 bits per heavy atom. The van der Waals surface area contributed by atoms with Gasteiger partial charge in [-0.1, -0.05) is 18.9 Å². The summed E-state index contributed by atoms with van der Waals surface area (Å²) in [5.41, 5.74) is 3.16. The second kappa shape index (κ2) is 5.28. The average molecular weight is 296 g/mol. The van der Waals surface area contributed by atoms with Crippen LogP contribution in [0.3, 0.4) is 0 Å². The molecular weight excluding hydrogens is 272 g/mol. The largest absolute Gasteiger partial charge is 0.508 e. The van der Waals surface area contributed by atoms with Crippen molar-refractivity contribution < 1.29 is 5.11 Å². The van der Waals surface area contributed by atoms with Gasteiger partial charge in [-0.3, -0.25) is 4.90 Å². The number of hydrogen-bond acceptors (Lipinski definition) is 3. The van der Waals surface area contributed by atoms with Crippen molar-refractivity contribution in [1.29, 1.82) is 5.26 Å². The van der Waals surface area contributed by atoms with Crippen molar-refractivity contribution in [3.05, 3.63) is 29.3 Å². The summed E-state index contributed by atoms with van der Waals surface area (Å²) in [6.07, 6.45) is 8.15. The minimum Gasteiger partial charge on any atom is -0.508 e. The van der Waals surface area contributed by atoms with Crippen LogP contribution in [0.15, 0.2) is 18.2 Å². The van der Waals surface area contributed by atoms with Crippen molar-refractivity contribution in [3.63, 3.8) is 0 Å². The molecule has 116 valence electrons. The van der Waals surface area contributed by atoms with E-state index in [0.29, 0.717) is 29.5 Å². The van der Waals surface area contributed by atoms with Crippen molar-refractivity contribution in [2.45, 2.75) is 56.4 Å². The van der Waals surface area contributed by atoms with E-state index in [1.807, 2.05) is 6.07 Å². The number of piperidine rings is 1. The smallest absolute Gasteiger partial charge is 0.115 e. The Balaban J connectivity index is 1.77. The monoisotopic (exact) mass is 296 g/mol. The maximum atomic E-state index is 9.99. The lowest BCUT2D eigenvalue weighted by atomic mass is 9.52. The molecule has 3 heteroatoms. The summed E-state index contributed by atoms with van der Waals surface area (Å²) < 4.78 is 0. The number of nitriles is 1. The van der Waals surface area contributed by atoms with E-state index in [1.165, 1.54) is 43.2 Å². The maximum absolute atomic E-state index is 9.99. The highest BCUT2D eigenvalue weighted by Crippen LogP contribution is 2.56. The summed E-state index contributed by atoms with van der Waals surface area (Å²) >= 11 is 0. The van der Waals surface area contributed by atoms with Gasteiger partial charge in [0.05, 0.1) is 6.07 Å². The molecule has 1 saturated carbocycles. The normalized spacial score (nSPS) is 33.6. The SMILES string of the molecule is N#CCCN1CC[C@@]23CCCC[C@H]2[C@@H]1Cc1ccc(O)cc13. The lowest BCUT2D eigenvalue weighted by Crippen LogP contribution is -2.60. The number of nitrogens with zero attached hydrogens (tertiary/aromatic N) is 2. The molecule has 0 amide bonds. The first-order chi connectivity index (χ1) is 10.7. The van der Waals surface area contributed by atoms with Crippen molar-refractivity contribution in [2.75, 3.05) is 13.1 Å². The summed E-state index contributed by atoms with van der Waals surface area (Å²) in [6.45, 7) is 2.03. The Morgan fingerprint density at radius 1 is 1.32 bits per heavy atom. The molecular formula is C19H24N2O. The first-order valence-electron chi connectivity index (χ1n) is 8.68. The molecule has 1 saturated heterocycles. The van der Waals surface area contributed by atoms with E-state index in [1.54, 1.807) is 0 Å². The van der Waals surface area contributed by atoms with Gasteiger partial charge in [-0.15, -0.1) is 0 Å². The second-order valence-corrected chi connectivity index (χ2v) is 7.32. The fourth-order valence-electron chi connectivity index (χ4n) is 5.54. The number of likely N-dealkylation sites (tertiary alicyclic amines) is 1. The maximum Gasteiger partial charge on any atom is 0.115 e. The summed E-state index contributed by atoms with van der Waals surface area (Å²) in [7, 11) is 0. The average Bonchev–Trinajstić information content (AvgIpc) is 2.55. The topological polar surface area (TPSA) is 47.3 Å². The molecule has 1 heterocycles. The summed E-state index contributed by atoms with van der Waals surface area (Å²) in [6, 6.07) is 8.94. The van der Waals surface area contributed by atoms with E-state index in [2.05, 4.69) is 23.1 Å². The van der Waals surface area contributed by atoms with Gasteiger partial charge in [0, 0.05) is 24.4 Å². The van der Waals surface area contributed by atoms with Crippen molar-refractivity contribution in [3.8, 4) is 11.8 Å². The predicted octanol–water partition coefficient (Wildman–Crippen LogP) is 3.36. The first kappa shape index (κ1) is 14.1. The van der Waals surface area contributed by atoms with E-state index in [-0.39, 0.29) is 0 Å². The molecule has 0 radical (unpaired) electrons. The minimum absolute atomic E-state index is 0.290. The summed E-state index contributed by atoms with van der Waals surface area (Å²) in [5.74, 6) is 1.13. The molecule has 0 aromatic heterocycles. The molecule has 2 bridgehead atoms. The summed E-state index contributed by atoms with van der Waals surface area (Å²) in [4.78, 5) is 2.58. The van der Waals surface area contributed by atoms with Crippen LogP contribution in [0.4, 0.5) is 0 Å². The zero-order valence-corrected chi connectivity index (χ0v) is 13.1.